The predicted molar refractivity (Wildman–Crippen MR) is 87.4 cm³/mol. The summed E-state index contributed by atoms with van der Waals surface area (Å²) in [7, 11) is 2.14. The van der Waals surface area contributed by atoms with E-state index >= 15 is 0 Å². The second kappa shape index (κ2) is 6.27. The lowest BCUT2D eigenvalue weighted by Gasteiger charge is -2.22. The van der Waals surface area contributed by atoms with Crippen LogP contribution in [0.1, 0.15) is 29.8 Å². The standard InChI is InChI=1S/C18H23N3/c1-14-6-5-8-17(20-14)13-21(2)18-9-4-3-7-15(18)12-19-16-10-11-16/h3-9,16,19H,10-13H2,1-2H3. The van der Waals surface area contributed by atoms with Crippen LogP contribution in [0.5, 0.6) is 0 Å². The van der Waals surface area contributed by atoms with E-state index in [9.17, 15) is 0 Å². The third kappa shape index (κ3) is 3.82. The number of nitrogens with one attached hydrogen (secondary N) is 1. The Balaban J connectivity index is 1.72. The number of rotatable bonds is 6. The van der Waals surface area contributed by atoms with Gasteiger partial charge in [-0.05, 0) is 43.5 Å². The second-order valence-corrected chi connectivity index (χ2v) is 5.91. The summed E-state index contributed by atoms with van der Waals surface area (Å²) in [5.41, 5.74) is 4.83. The summed E-state index contributed by atoms with van der Waals surface area (Å²) < 4.78 is 0. The van der Waals surface area contributed by atoms with Gasteiger partial charge in [-0.3, -0.25) is 4.98 Å². The fourth-order valence-electron chi connectivity index (χ4n) is 2.59. The van der Waals surface area contributed by atoms with E-state index < -0.39 is 0 Å². The predicted octanol–water partition coefficient (Wildman–Crippen LogP) is 3.28. The number of pyridine rings is 1. The Morgan fingerprint density at radius 2 is 1.95 bits per heavy atom. The molecular weight excluding hydrogens is 258 g/mol. The summed E-state index contributed by atoms with van der Waals surface area (Å²) in [6, 6.07) is 15.6. The molecule has 0 radical (unpaired) electrons. The summed E-state index contributed by atoms with van der Waals surface area (Å²) in [6.45, 7) is 3.82. The minimum absolute atomic E-state index is 0.738. The number of hydrogen-bond donors (Lipinski definition) is 1. The molecule has 1 saturated carbocycles. The largest absolute Gasteiger partial charge is 0.368 e. The van der Waals surface area contributed by atoms with Crippen LogP contribution in [-0.2, 0) is 13.1 Å². The zero-order chi connectivity index (χ0) is 14.7. The Bertz CT molecular complexity index is 605. The molecule has 1 aliphatic carbocycles. The second-order valence-electron chi connectivity index (χ2n) is 5.91. The SMILES string of the molecule is Cc1cccc(CN(C)c2ccccc2CNC2CC2)n1. The van der Waals surface area contributed by atoms with Crippen LogP contribution in [0.2, 0.25) is 0 Å². The number of nitrogens with zero attached hydrogens (tertiary/aromatic N) is 2. The molecule has 21 heavy (non-hydrogen) atoms. The van der Waals surface area contributed by atoms with Crippen LogP contribution in [0.3, 0.4) is 0 Å². The van der Waals surface area contributed by atoms with E-state index in [4.69, 9.17) is 0 Å². The first-order valence-corrected chi connectivity index (χ1v) is 7.67. The Kier molecular flexibility index (Phi) is 4.20. The molecule has 0 aliphatic heterocycles. The van der Waals surface area contributed by atoms with Crippen molar-refractivity contribution in [2.45, 2.75) is 38.9 Å². The third-order valence-corrected chi connectivity index (χ3v) is 3.91. The van der Waals surface area contributed by atoms with E-state index in [1.54, 1.807) is 0 Å². The highest BCUT2D eigenvalue weighted by atomic mass is 15.1. The summed E-state index contributed by atoms with van der Waals surface area (Å²) in [5.74, 6) is 0. The molecule has 0 atom stereocenters. The molecule has 1 heterocycles. The monoisotopic (exact) mass is 281 g/mol. The molecule has 3 rings (SSSR count). The first-order valence-electron chi connectivity index (χ1n) is 7.67. The molecule has 110 valence electrons. The van der Waals surface area contributed by atoms with Crippen molar-refractivity contribution in [2.75, 3.05) is 11.9 Å². The Labute approximate surface area is 127 Å². The normalized spacial score (nSPS) is 14.2. The summed E-state index contributed by atoms with van der Waals surface area (Å²) >= 11 is 0. The van der Waals surface area contributed by atoms with Gasteiger partial charge in [0.2, 0.25) is 0 Å². The quantitative estimate of drug-likeness (QED) is 0.880. The molecule has 1 aliphatic rings. The Hall–Kier alpha value is -1.87. The lowest BCUT2D eigenvalue weighted by molar-refractivity contribution is 0.685. The van der Waals surface area contributed by atoms with Crippen molar-refractivity contribution < 1.29 is 0 Å². The van der Waals surface area contributed by atoms with Gasteiger partial charge >= 0.3 is 0 Å². The van der Waals surface area contributed by atoms with E-state index in [-0.39, 0.29) is 0 Å². The van der Waals surface area contributed by atoms with Crippen LogP contribution in [0.4, 0.5) is 5.69 Å². The van der Waals surface area contributed by atoms with Crippen LogP contribution in [0, 0.1) is 6.92 Å². The van der Waals surface area contributed by atoms with Crippen LogP contribution >= 0.6 is 0 Å². The molecule has 1 N–H and O–H groups in total. The average Bonchev–Trinajstić information content (AvgIpc) is 3.29. The maximum atomic E-state index is 4.60. The van der Waals surface area contributed by atoms with Gasteiger partial charge in [-0.25, -0.2) is 0 Å². The molecule has 0 saturated heterocycles. The van der Waals surface area contributed by atoms with Crippen molar-refractivity contribution in [3.05, 3.63) is 59.4 Å². The Morgan fingerprint density at radius 1 is 1.14 bits per heavy atom. The van der Waals surface area contributed by atoms with Crippen molar-refractivity contribution >= 4 is 5.69 Å². The van der Waals surface area contributed by atoms with Crippen LogP contribution in [0.25, 0.3) is 0 Å². The van der Waals surface area contributed by atoms with Gasteiger partial charge in [0.1, 0.15) is 0 Å². The molecule has 1 aromatic heterocycles. The lowest BCUT2D eigenvalue weighted by atomic mass is 10.1. The third-order valence-electron chi connectivity index (χ3n) is 3.91. The number of aromatic nitrogens is 1. The van der Waals surface area contributed by atoms with Crippen molar-refractivity contribution in [3.8, 4) is 0 Å². The first kappa shape index (κ1) is 14.1. The highest BCUT2D eigenvalue weighted by molar-refractivity contribution is 5.53. The molecule has 1 aromatic carbocycles. The van der Waals surface area contributed by atoms with E-state index in [1.165, 1.54) is 24.1 Å². The van der Waals surface area contributed by atoms with Crippen LogP contribution in [-0.4, -0.2) is 18.1 Å². The van der Waals surface area contributed by atoms with Gasteiger partial charge in [0, 0.05) is 31.0 Å². The minimum Gasteiger partial charge on any atom is -0.368 e. The molecule has 2 aromatic rings. The number of hydrogen-bond acceptors (Lipinski definition) is 3. The highest BCUT2D eigenvalue weighted by Gasteiger charge is 2.20. The lowest BCUT2D eigenvalue weighted by Crippen LogP contribution is -2.22. The summed E-state index contributed by atoms with van der Waals surface area (Å²) in [5, 5.41) is 3.60. The molecule has 1 fully saturated rings. The van der Waals surface area contributed by atoms with Crippen LogP contribution < -0.4 is 10.2 Å². The van der Waals surface area contributed by atoms with Gasteiger partial charge in [0.15, 0.2) is 0 Å². The first-order chi connectivity index (χ1) is 10.2. The molecule has 3 heteroatoms. The zero-order valence-corrected chi connectivity index (χ0v) is 12.8. The van der Waals surface area contributed by atoms with Gasteiger partial charge in [-0.2, -0.15) is 0 Å². The van der Waals surface area contributed by atoms with Gasteiger partial charge in [-0.15, -0.1) is 0 Å². The van der Waals surface area contributed by atoms with E-state index in [0.717, 1.165) is 30.5 Å². The van der Waals surface area contributed by atoms with Gasteiger partial charge in [-0.1, -0.05) is 24.3 Å². The number of para-hydroxylation sites is 1. The zero-order valence-electron chi connectivity index (χ0n) is 12.8. The Morgan fingerprint density at radius 3 is 2.71 bits per heavy atom. The van der Waals surface area contributed by atoms with E-state index in [0.29, 0.717) is 0 Å². The molecule has 0 spiro atoms. The van der Waals surface area contributed by atoms with E-state index in [2.05, 4.69) is 58.6 Å². The van der Waals surface area contributed by atoms with Crippen molar-refractivity contribution in [1.29, 1.82) is 0 Å². The molecule has 0 unspecified atom stereocenters. The minimum atomic E-state index is 0.738. The van der Waals surface area contributed by atoms with Crippen molar-refractivity contribution in [2.24, 2.45) is 0 Å². The maximum Gasteiger partial charge on any atom is 0.0600 e. The number of aryl methyl sites for hydroxylation is 1. The molecule has 3 nitrogen and oxygen atoms in total. The summed E-state index contributed by atoms with van der Waals surface area (Å²) in [6.07, 6.45) is 2.65. The number of anilines is 1. The fraction of sp³-hybridized carbons (Fsp3) is 0.389. The van der Waals surface area contributed by atoms with E-state index in [1.807, 2.05) is 13.0 Å². The molecule has 0 amide bonds. The van der Waals surface area contributed by atoms with Gasteiger partial charge in [0.25, 0.3) is 0 Å². The van der Waals surface area contributed by atoms with Gasteiger partial charge < -0.3 is 10.2 Å². The molecular formula is C18H23N3. The van der Waals surface area contributed by atoms with Crippen LogP contribution in [0.15, 0.2) is 42.5 Å². The van der Waals surface area contributed by atoms with Gasteiger partial charge in [0.05, 0.1) is 12.2 Å². The fourth-order valence-corrected chi connectivity index (χ4v) is 2.59. The van der Waals surface area contributed by atoms with Crippen molar-refractivity contribution in [3.63, 3.8) is 0 Å². The topological polar surface area (TPSA) is 28.2 Å². The molecule has 0 bridgehead atoms. The number of benzene rings is 1. The smallest absolute Gasteiger partial charge is 0.0600 e. The maximum absolute atomic E-state index is 4.60. The van der Waals surface area contributed by atoms with Crippen molar-refractivity contribution in [1.82, 2.24) is 10.3 Å². The average molecular weight is 281 g/mol. The summed E-state index contributed by atoms with van der Waals surface area (Å²) in [4.78, 5) is 6.88. The highest BCUT2D eigenvalue weighted by Crippen LogP contribution is 2.23.